The number of rotatable bonds is 4. The molecule has 0 aliphatic rings. The predicted octanol–water partition coefficient (Wildman–Crippen LogP) is 4.37. The first-order valence-corrected chi connectivity index (χ1v) is 7.23. The highest BCUT2D eigenvalue weighted by atomic mass is 16.5. The van der Waals surface area contributed by atoms with Crippen molar-refractivity contribution in [1.82, 2.24) is 0 Å². The molecule has 0 spiro atoms. The molecule has 0 radical (unpaired) electrons. The molecule has 0 aliphatic heterocycles. The maximum atomic E-state index is 12.0. The van der Waals surface area contributed by atoms with E-state index >= 15 is 0 Å². The van der Waals surface area contributed by atoms with Gasteiger partial charge in [0, 0.05) is 11.5 Å². The summed E-state index contributed by atoms with van der Waals surface area (Å²) in [6.07, 6.45) is 1.000. The first-order chi connectivity index (χ1) is 10.1. The van der Waals surface area contributed by atoms with E-state index in [1.54, 1.807) is 12.1 Å². The average molecular weight is 282 g/mol. The van der Waals surface area contributed by atoms with Crippen LogP contribution in [-0.4, -0.2) is 6.61 Å². The van der Waals surface area contributed by atoms with Crippen LogP contribution in [0.3, 0.4) is 0 Å². The highest BCUT2D eigenvalue weighted by Gasteiger charge is 2.07. The largest absolute Gasteiger partial charge is 0.493 e. The zero-order valence-electron chi connectivity index (χ0n) is 12.3. The lowest BCUT2D eigenvalue weighted by atomic mass is 10.1. The van der Waals surface area contributed by atoms with Gasteiger partial charge in [-0.2, -0.15) is 0 Å². The summed E-state index contributed by atoms with van der Waals surface area (Å²) in [5.74, 6) is 1.34. The Balaban J connectivity index is 2.02. The topological polar surface area (TPSA) is 39.4 Å². The zero-order valence-corrected chi connectivity index (χ0v) is 12.3. The molecule has 0 aliphatic carbocycles. The molecular formula is C18H18O3. The summed E-state index contributed by atoms with van der Waals surface area (Å²) in [6.45, 7) is 4.99. The van der Waals surface area contributed by atoms with Crippen LogP contribution >= 0.6 is 0 Å². The Kier molecular flexibility index (Phi) is 3.65. The molecule has 0 atom stereocenters. The average Bonchev–Trinajstić information content (AvgIpc) is 2.47. The fraction of sp³-hybridized carbons (Fsp3) is 0.278. The van der Waals surface area contributed by atoms with Crippen molar-refractivity contribution in [3.63, 3.8) is 0 Å². The highest BCUT2D eigenvalue weighted by molar-refractivity contribution is 6.04. The van der Waals surface area contributed by atoms with Crippen molar-refractivity contribution in [3.8, 4) is 5.75 Å². The zero-order chi connectivity index (χ0) is 14.8. The van der Waals surface area contributed by atoms with Crippen LogP contribution in [0.2, 0.25) is 0 Å². The molecule has 1 aromatic heterocycles. The van der Waals surface area contributed by atoms with E-state index in [9.17, 15) is 4.79 Å². The standard InChI is InChI=1S/C18H18O3/c1-12(2)9-10-20-13-7-8-15-14-5-3-4-6-16(14)18(19)21-17(15)11-13/h3-8,11-12H,9-10H2,1-2H3. The predicted molar refractivity (Wildman–Crippen MR) is 84.9 cm³/mol. The molecule has 0 saturated carbocycles. The van der Waals surface area contributed by atoms with Crippen LogP contribution in [0, 0.1) is 5.92 Å². The third kappa shape index (κ3) is 2.77. The molecule has 0 bridgehead atoms. The number of fused-ring (bicyclic) bond motifs is 3. The fourth-order valence-corrected chi connectivity index (χ4v) is 2.36. The molecule has 3 nitrogen and oxygen atoms in total. The molecule has 1 heterocycles. The summed E-state index contributed by atoms with van der Waals surface area (Å²) in [5.41, 5.74) is 0.262. The van der Waals surface area contributed by atoms with Gasteiger partial charge in [0.25, 0.3) is 0 Å². The Morgan fingerprint density at radius 1 is 1.05 bits per heavy atom. The Hall–Kier alpha value is -2.29. The van der Waals surface area contributed by atoms with Gasteiger partial charge < -0.3 is 9.15 Å². The van der Waals surface area contributed by atoms with Crippen LogP contribution < -0.4 is 10.4 Å². The van der Waals surface area contributed by atoms with Crippen LogP contribution in [0.4, 0.5) is 0 Å². The van der Waals surface area contributed by atoms with Gasteiger partial charge in [-0.25, -0.2) is 4.79 Å². The highest BCUT2D eigenvalue weighted by Crippen LogP contribution is 2.26. The van der Waals surface area contributed by atoms with Gasteiger partial charge in [0.05, 0.1) is 12.0 Å². The lowest BCUT2D eigenvalue weighted by molar-refractivity contribution is 0.289. The molecule has 0 fully saturated rings. The molecule has 3 rings (SSSR count). The minimum absolute atomic E-state index is 0.308. The van der Waals surface area contributed by atoms with Crippen LogP contribution in [0.25, 0.3) is 21.7 Å². The number of hydrogen-bond acceptors (Lipinski definition) is 3. The van der Waals surface area contributed by atoms with Gasteiger partial charge in [0.15, 0.2) is 0 Å². The quantitative estimate of drug-likeness (QED) is 0.527. The van der Waals surface area contributed by atoms with E-state index in [1.165, 1.54) is 0 Å². The normalized spacial score (nSPS) is 11.4. The third-order valence-electron chi connectivity index (χ3n) is 3.56. The lowest BCUT2D eigenvalue weighted by Crippen LogP contribution is -2.02. The van der Waals surface area contributed by atoms with Crippen molar-refractivity contribution in [3.05, 3.63) is 52.9 Å². The fourth-order valence-electron chi connectivity index (χ4n) is 2.36. The van der Waals surface area contributed by atoms with Crippen molar-refractivity contribution in [2.45, 2.75) is 20.3 Å². The SMILES string of the molecule is CC(C)CCOc1ccc2c(c1)oc(=O)c1ccccc12. The van der Waals surface area contributed by atoms with Crippen molar-refractivity contribution in [2.75, 3.05) is 6.61 Å². The van der Waals surface area contributed by atoms with Crippen molar-refractivity contribution in [2.24, 2.45) is 5.92 Å². The third-order valence-corrected chi connectivity index (χ3v) is 3.56. The van der Waals surface area contributed by atoms with Crippen LogP contribution in [0.1, 0.15) is 20.3 Å². The van der Waals surface area contributed by atoms with Gasteiger partial charge in [-0.1, -0.05) is 32.0 Å². The minimum atomic E-state index is -0.308. The molecule has 108 valence electrons. The van der Waals surface area contributed by atoms with Crippen molar-refractivity contribution in [1.29, 1.82) is 0 Å². The summed E-state index contributed by atoms with van der Waals surface area (Å²) in [5, 5.41) is 2.46. The van der Waals surface area contributed by atoms with E-state index in [0.29, 0.717) is 23.5 Å². The smallest absolute Gasteiger partial charge is 0.344 e. The molecule has 21 heavy (non-hydrogen) atoms. The first-order valence-electron chi connectivity index (χ1n) is 7.23. The van der Waals surface area contributed by atoms with Gasteiger partial charge in [-0.15, -0.1) is 0 Å². The van der Waals surface area contributed by atoms with Gasteiger partial charge in [-0.3, -0.25) is 0 Å². The van der Waals surface area contributed by atoms with E-state index in [4.69, 9.17) is 9.15 Å². The maximum absolute atomic E-state index is 12.0. The number of benzene rings is 2. The molecular weight excluding hydrogens is 264 g/mol. The summed E-state index contributed by atoms with van der Waals surface area (Å²) in [7, 11) is 0. The van der Waals surface area contributed by atoms with Crippen LogP contribution in [-0.2, 0) is 0 Å². The van der Waals surface area contributed by atoms with E-state index in [1.807, 2.05) is 30.3 Å². The van der Waals surface area contributed by atoms with Gasteiger partial charge in [0.2, 0.25) is 0 Å². The number of ether oxygens (including phenoxy) is 1. The Bertz CT molecular complexity index is 831. The Labute approximate surface area is 123 Å². The Morgan fingerprint density at radius 2 is 1.81 bits per heavy atom. The van der Waals surface area contributed by atoms with E-state index in [0.717, 1.165) is 22.9 Å². The minimum Gasteiger partial charge on any atom is -0.493 e. The lowest BCUT2D eigenvalue weighted by Gasteiger charge is -2.09. The molecule has 0 amide bonds. The van der Waals surface area contributed by atoms with E-state index < -0.39 is 0 Å². The van der Waals surface area contributed by atoms with Crippen LogP contribution in [0.5, 0.6) is 5.75 Å². The molecule has 0 saturated heterocycles. The molecule has 3 heteroatoms. The molecule has 2 aromatic carbocycles. The molecule has 3 aromatic rings. The van der Waals surface area contributed by atoms with E-state index in [2.05, 4.69) is 13.8 Å². The molecule has 0 N–H and O–H groups in total. The Morgan fingerprint density at radius 3 is 2.57 bits per heavy atom. The van der Waals surface area contributed by atoms with Gasteiger partial charge in [0.1, 0.15) is 11.3 Å². The number of hydrogen-bond donors (Lipinski definition) is 0. The summed E-state index contributed by atoms with van der Waals surface area (Å²) >= 11 is 0. The second-order valence-electron chi connectivity index (χ2n) is 5.62. The summed E-state index contributed by atoms with van der Waals surface area (Å²) in [4.78, 5) is 12.0. The van der Waals surface area contributed by atoms with E-state index in [-0.39, 0.29) is 5.63 Å². The van der Waals surface area contributed by atoms with Gasteiger partial charge in [-0.05, 0) is 35.9 Å². The summed E-state index contributed by atoms with van der Waals surface area (Å²) in [6, 6.07) is 13.2. The maximum Gasteiger partial charge on any atom is 0.344 e. The monoisotopic (exact) mass is 282 g/mol. The van der Waals surface area contributed by atoms with Gasteiger partial charge >= 0.3 is 5.63 Å². The first kappa shape index (κ1) is 13.7. The van der Waals surface area contributed by atoms with Crippen molar-refractivity contribution >= 4 is 21.7 Å². The molecule has 0 unspecified atom stereocenters. The van der Waals surface area contributed by atoms with Crippen LogP contribution in [0.15, 0.2) is 51.7 Å². The second-order valence-corrected chi connectivity index (χ2v) is 5.62. The summed E-state index contributed by atoms with van der Waals surface area (Å²) < 4.78 is 11.1. The second kappa shape index (κ2) is 5.60. The van der Waals surface area contributed by atoms with Crippen molar-refractivity contribution < 1.29 is 9.15 Å².